The number of aromatic nitrogens is 2. The number of halogens is 1. The van der Waals surface area contributed by atoms with Gasteiger partial charge in [-0.3, -0.25) is 0 Å². The van der Waals surface area contributed by atoms with Crippen LogP contribution in [-0.4, -0.2) is 17.0 Å². The topological polar surface area (TPSA) is 49.8 Å². The molecule has 0 spiro atoms. The first-order valence-corrected chi connectivity index (χ1v) is 7.22. The van der Waals surface area contributed by atoms with Gasteiger partial charge in [0.15, 0.2) is 0 Å². The highest BCUT2D eigenvalue weighted by Crippen LogP contribution is 2.24. The van der Waals surface area contributed by atoms with E-state index in [4.69, 9.17) is 0 Å². The summed E-state index contributed by atoms with van der Waals surface area (Å²) in [5, 5.41) is 6.44. The van der Waals surface area contributed by atoms with Crippen molar-refractivity contribution in [3.05, 3.63) is 32.2 Å². The van der Waals surface area contributed by atoms with Gasteiger partial charge in [-0.15, -0.1) is 11.3 Å². The molecule has 2 aromatic heterocycles. The summed E-state index contributed by atoms with van der Waals surface area (Å²) in [6, 6.07) is 4.16. The van der Waals surface area contributed by atoms with Crippen LogP contribution in [0, 0.1) is 13.8 Å². The van der Waals surface area contributed by atoms with Crippen LogP contribution in [-0.2, 0) is 6.54 Å². The molecule has 0 aliphatic rings. The lowest BCUT2D eigenvalue weighted by Gasteiger charge is -2.11. The molecule has 0 aromatic carbocycles. The minimum absolute atomic E-state index is 0.764. The van der Waals surface area contributed by atoms with Crippen molar-refractivity contribution in [2.45, 2.75) is 20.4 Å². The van der Waals surface area contributed by atoms with E-state index in [0.29, 0.717) is 0 Å². The second-order valence-corrected chi connectivity index (χ2v) is 6.45. The molecule has 6 heteroatoms. The third kappa shape index (κ3) is 3.00. The number of nitrogens with zero attached hydrogens (tertiary/aromatic N) is 2. The summed E-state index contributed by atoms with van der Waals surface area (Å²) in [7, 11) is 1.87. The molecule has 0 fully saturated rings. The fourth-order valence-electron chi connectivity index (χ4n) is 1.66. The molecule has 4 nitrogen and oxygen atoms in total. The largest absolute Gasteiger partial charge is 0.373 e. The standard InChI is InChI=1S/C12H15BrN4S/c1-7-11(14-3)16-8(2)17-12(7)15-6-9-4-5-10(13)18-9/h4-5H,6H2,1-3H3,(H2,14,15,16,17). The van der Waals surface area contributed by atoms with Gasteiger partial charge < -0.3 is 10.6 Å². The lowest BCUT2D eigenvalue weighted by molar-refractivity contribution is 1.01. The van der Waals surface area contributed by atoms with Gasteiger partial charge in [0, 0.05) is 17.5 Å². The molecule has 0 amide bonds. The summed E-state index contributed by atoms with van der Waals surface area (Å²) in [5.74, 6) is 2.52. The zero-order valence-corrected chi connectivity index (χ0v) is 12.9. The molecule has 0 unspecified atom stereocenters. The van der Waals surface area contributed by atoms with Crippen LogP contribution in [0.2, 0.25) is 0 Å². The van der Waals surface area contributed by atoms with Crippen molar-refractivity contribution in [3.8, 4) is 0 Å². The molecular weight excluding hydrogens is 312 g/mol. The average molecular weight is 327 g/mol. The van der Waals surface area contributed by atoms with Crippen molar-refractivity contribution in [3.63, 3.8) is 0 Å². The molecule has 2 heterocycles. The number of aryl methyl sites for hydroxylation is 1. The Labute approximate surface area is 119 Å². The van der Waals surface area contributed by atoms with Gasteiger partial charge >= 0.3 is 0 Å². The third-order valence-corrected chi connectivity index (χ3v) is 4.18. The first-order valence-electron chi connectivity index (χ1n) is 5.61. The van der Waals surface area contributed by atoms with Gasteiger partial charge in [-0.25, -0.2) is 9.97 Å². The lowest BCUT2D eigenvalue weighted by Crippen LogP contribution is -2.07. The van der Waals surface area contributed by atoms with Crippen LogP contribution in [0.15, 0.2) is 15.9 Å². The molecule has 0 aliphatic heterocycles. The SMILES string of the molecule is CNc1nc(C)nc(NCc2ccc(Br)s2)c1C. The van der Waals surface area contributed by atoms with Gasteiger partial charge in [-0.2, -0.15) is 0 Å². The molecule has 0 saturated carbocycles. The molecule has 0 bridgehead atoms. The highest BCUT2D eigenvalue weighted by Gasteiger charge is 2.08. The second-order valence-electron chi connectivity index (χ2n) is 3.90. The van der Waals surface area contributed by atoms with Gasteiger partial charge in [0.2, 0.25) is 0 Å². The number of nitrogens with one attached hydrogen (secondary N) is 2. The molecular formula is C12H15BrN4S. The Morgan fingerprint density at radius 3 is 2.56 bits per heavy atom. The van der Waals surface area contributed by atoms with Crippen LogP contribution >= 0.6 is 27.3 Å². The van der Waals surface area contributed by atoms with E-state index in [2.05, 4.69) is 48.7 Å². The van der Waals surface area contributed by atoms with Crippen molar-refractivity contribution in [2.24, 2.45) is 0 Å². The molecule has 0 atom stereocenters. The summed E-state index contributed by atoms with van der Waals surface area (Å²) in [6.45, 7) is 4.68. The quantitative estimate of drug-likeness (QED) is 0.901. The van der Waals surface area contributed by atoms with E-state index in [1.807, 2.05) is 20.9 Å². The minimum atomic E-state index is 0.764. The van der Waals surface area contributed by atoms with Crippen molar-refractivity contribution in [1.82, 2.24) is 9.97 Å². The van der Waals surface area contributed by atoms with E-state index in [-0.39, 0.29) is 0 Å². The molecule has 0 saturated heterocycles. The molecule has 0 radical (unpaired) electrons. The summed E-state index contributed by atoms with van der Waals surface area (Å²) in [5.41, 5.74) is 1.04. The highest BCUT2D eigenvalue weighted by molar-refractivity contribution is 9.11. The van der Waals surface area contributed by atoms with Crippen molar-refractivity contribution >= 4 is 38.9 Å². The second kappa shape index (κ2) is 5.67. The number of hydrogen-bond donors (Lipinski definition) is 2. The van der Waals surface area contributed by atoms with Crippen LogP contribution < -0.4 is 10.6 Å². The number of hydrogen-bond acceptors (Lipinski definition) is 5. The van der Waals surface area contributed by atoms with E-state index >= 15 is 0 Å². The Morgan fingerprint density at radius 2 is 1.94 bits per heavy atom. The highest BCUT2D eigenvalue weighted by atomic mass is 79.9. The molecule has 96 valence electrons. The van der Waals surface area contributed by atoms with Crippen molar-refractivity contribution in [2.75, 3.05) is 17.7 Å². The fourth-order valence-corrected chi connectivity index (χ4v) is 3.08. The Morgan fingerprint density at radius 1 is 1.22 bits per heavy atom. The van der Waals surface area contributed by atoms with Gasteiger partial charge in [0.25, 0.3) is 0 Å². The molecule has 2 aromatic rings. The van der Waals surface area contributed by atoms with E-state index in [9.17, 15) is 0 Å². The maximum absolute atomic E-state index is 4.43. The first kappa shape index (κ1) is 13.3. The van der Waals surface area contributed by atoms with E-state index in [1.54, 1.807) is 11.3 Å². The summed E-state index contributed by atoms with van der Waals surface area (Å²) < 4.78 is 1.14. The number of anilines is 2. The van der Waals surface area contributed by atoms with Crippen LogP contribution in [0.25, 0.3) is 0 Å². The van der Waals surface area contributed by atoms with Crippen LogP contribution in [0.5, 0.6) is 0 Å². The average Bonchev–Trinajstić information content (AvgIpc) is 2.75. The van der Waals surface area contributed by atoms with E-state index in [0.717, 1.165) is 33.4 Å². The molecule has 2 rings (SSSR count). The first-order chi connectivity index (χ1) is 8.60. The van der Waals surface area contributed by atoms with Crippen LogP contribution in [0.1, 0.15) is 16.3 Å². The van der Waals surface area contributed by atoms with Crippen molar-refractivity contribution < 1.29 is 0 Å². The van der Waals surface area contributed by atoms with Crippen LogP contribution in [0.4, 0.5) is 11.6 Å². The third-order valence-electron chi connectivity index (χ3n) is 2.55. The Bertz CT molecular complexity index is 553. The van der Waals surface area contributed by atoms with Gasteiger partial charge in [-0.05, 0) is 41.9 Å². The number of thiophene rings is 1. The van der Waals surface area contributed by atoms with E-state index in [1.165, 1.54) is 4.88 Å². The maximum Gasteiger partial charge on any atom is 0.135 e. The molecule has 0 aliphatic carbocycles. The minimum Gasteiger partial charge on any atom is -0.373 e. The van der Waals surface area contributed by atoms with Crippen molar-refractivity contribution in [1.29, 1.82) is 0 Å². The van der Waals surface area contributed by atoms with Gasteiger partial charge in [-0.1, -0.05) is 0 Å². The summed E-state index contributed by atoms with van der Waals surface area (Å²) in [6.07, 6.45) is 0. The maximum atomic E-state index is 4.43. The zero-order valence-electron chi connectivity index (χ0n) is 10.5. The predicted molar refractivity (Wildman–Crippen MR) is 80.4 cm³/mol. The van der Waals surface area contributed by atoms with Gasteiger partial charge in [0.05, 0.1) is 10.3 Å². The summed E-state index contributed by atoms with van der Waals surface area (Å²) in [4.78, 5) is 10.0. The molecule has 18 heavy (non-hydrogen) atoms. The Kier molecular flexibility index (Phi) is 4.19. The molecule has 2 N–H and O–H groups in total. The lowest BCUT2D eigenvalue weighted by atomic mass is 10.3. The van der Waals surface area contributed by atoms with Crippen LogP contribution in [0.3, 0.4) is 0 Å². The summed E-state index contributed by atoms with van der Waals surface area (Å²) >= 11 is 5.18. The van der Waals surface area contributed by atoms with Gasteiger partial charge in [0.1, 0.15) is 17.5 Å². The Hall–Kier alpha value is -1.14. The predicted octanol–water partition coefficient (Wildman–Crippen LogP) is 3.57. The smallest absolute Gasteiger partial charge is 0.135 e. The fraction of sp³-hybridized carbons (Fsp3) is 0.333. The Balaban J connectivity index is 2.16. The monoisotopic (exact) mass is 326 g/mol. The normalized spacial score (nSPS) is 10.4. The number of rotatable bonds is 4. The zero-order chi connectivity index (χ0) is 13.1. The van der Waals surface area contributed by atoms with E-state index < -0.39 is 0 Å².